The summed E-state index contributed by atoms with van der Waals surface area (Å²) >= 11 is -5.72. The van der Waals surface area contributed by atoms with Crippen LogP contribution in [0.25, 0.3) is 0 Å². The molecule has 0 amide bonds. The van der Waals surface area contributed by atoms with Gasteiger partial charge in [-0.2, -0.15) is 0 Å². The van der Waals surface area contributed by atoms with Crippen molar-refractivity contribution in [3.63, 3.8) is 0 Å². The van der Waals surface area contributed by atoms with Gasteiger partial charge in [0.25, 0.3) is 0 Å². The molecule has 0 bridgehead atoms. The van der Waals surface area contributed by atoms with Crippen LogP contribution in [-0.2, 0) is 39.8 Å². The van der Waals surface area contributed by atoms with Crippen LogP contribution in [0, 0.1) is 0 Å². The molecule has 0 rings (SSSR count). The summed E-state index contributed by atoms with van der Waals surface area (Å²) in [6.07, 6.45) is 0. The minimum atomic E-state index is -2.86. The Bertz CT molecular complexity index is 78.6. The van der Waals surface area contributed by atoms with E-state index in [-0.39, 0.29) is 59.0 Å². The van der Waals surface area contributed by atoms with Gasteiger partial charge in [0, 0.05) is 0 Å². The van der Waals surface area contributed by atoms with E-state index in [1.54, 1.807) is 0 Å². The van der Waals surface area contributed by atoms with Gasteiger partial charge in [0.1, 0.15) is 0 Å². The Morgan fingerprint density at radius 2 is 1.00 bits per heavy atom. The fourth-order valence-electron chi connectivity index (χ4n) is 0. The Labute approximate surface area is 107 Å². The Balaban J connectivity index is -0.0000000171. The molecule has 0 aromatic carbocycles. The van der Waals surface area contributed by atoms with Crippen LogP contribution < -0.4 is 42.0 Å². The first kappa shape index (κ1) is 29.3. The molecule has 0 saturated carbocycles. The van der Waals surface area contributed by atoms with Crippen molar-refractivity contribution in [2.24, 2.45) is 0 Å². The molecule has 2 N–H and O–H groups in total. The number of rotatable bonds is 0. The molecule has 11 heavy (non-hydrogen) atoms. The molecule has 0 heterocycles. The third-order valence-corrected chi connectivity index (χ3v) is 0. The largest absolute Gasteiger partial charge is 2.00 e. The molecule has 2 atom stereocenters. The summed E-state index contributed by atoms with van der Waals surface area (Å²) in [5.74, 6) is 0. The standard InChI is InChI=1S/ClH.Cu.Na.2H2O3S/c;;;2*1-4(2)3/h1H;;;2*(H2,1,2,3)/q;+2;+1;;/p-3. The molecule has 0 fully saturated rings. The van der Waals surface area contributed by atoms with E-state index in [1.165, 1.54) is 0 Å². The van der Waals surface area contributed by atoms with Crippen molar-refractivity contribution in [2.45, 2.75) is 0 Å². The van der Waals surface area contributed by atoms with Gasteiger partial charge < -0.3 is 30.6 Å². The van der Waals surface area contributed by atoms with Gasteiger partial charge in [-0.3, -0.25) is 0 Å². The van der Waals surface area contributed by atoms with Gasteiger partial charge in [0.15, 0.2) is 0 Å². The maximum Gasteiger partial charge on any atom is 2.00 e. The van der Waals surface area contributed by atoms with E-state index >= 15 is 0 Å². The zero-order valence-electron chi connectivity index (χ0n) is 5.02. The molecule has 1 radical (unpaired) electrons. The van der Waals surface area contributed by atoms with Crippen LogP contribution in [0.2, 0.25) is 0 Å². The molecule has 2 unspecified atom stereocenters. The van der Waals surface area contributed by atoms with Crippen molar-refractivity contribution in [1.82, 2.24) is 0 Å². The van der Waals surface area contributed by atoms with E-state index in [1.807, 2.05) is 0 Å². The second kappa shape index (κ2) is 22.7. The van der Waals surface area contributed by atoms with Gasteiger partial charge in [-0.1, -0.05) is 0 Å². The van der Waals surface area contributed by atoms with Crippen molar-refractivity contribution in [3.05, 3.63) is 0 Å². The van der Waals surface area contributed by atoms with Gasteiger partial charge in [-0.25, -0.2) is 8.42 Å². The van der Waals surface area contributed by atoms with E-state index in [0.717, 1.165) is 0 Å². The van der Waals surface area contributed by atoms with Crippen molar-refractivity contribution in [1.29, 1.82) is 0 Å². The molecule has 0 aromatic heterocycles. The maximum absolute atomic E-state index is 8.56. The fourth-order valence-corrected chi connectivity index (χ4v) is 0. The number of hydrogen-bond acceptors (Lipinski definition) is 4. The smallest absolute Gasteiger partial charge is 1.00 e. The zero-order valence-corrected chi connectivity index (χ0v) is 10.4. The molecule has 0 aromatic rings. The van der Waals surface area contributed by atoms with Gasteiger partial charge in [0.2, 0.25) is 0 Å². The summed E-state index contributed by atoms with van der Waals surface area (Å²) in [6, 6.07) is 0. The van der Waals surface area contributed by atoms with Crippen LogP contribution in [-0.4, -0.2) is 26.6 Å². The first-order chi connectivity index (χ1) is 3.46. The predicted octanol–water partition coefficient (Wildman–Crippen LogP) is -7.32. The summed E-state index contributed by atoms with van der Waals surface area (Å²) in [5, 5.41) is 0. The molecule has 0 saturated heterocycles. The first-order valence-corrected chi connectivity index (χ1v) is 3.10. The van der Waals surface area contributed by atoms with Crippen LogP contribution in [0.4, 0.5) is 0 Å². The fraction of sp³-hybridized carbons (Fsp3) is 0. The van der Waals surface area contributed by atoms with Crippen LogP contribution in [0.3, 0.4) is 0 Å². The predicted molar refractivity (Wildman–Crippen MR) is 23.1 cm³/mol. The summed E-state index contributed by atoms with van der Waals surface area (Å²) in [6.45, 7) is 0. The van der Waals surface area contributed by atoms with E-state index in [9.17, 15) is 0 Å². The van der Waals surface area contributed by atoms with Crippen molar-refractivity contribution < 1.29 is 85.7 Å². The van der Waals surface area contributed by atoms with Crippen molar-refractivity contribution >= 4 is 22.7 Å². The Morgan fingerprint density at radius 1 is 1.00 bits per heavy atom. The van der Waals surface area contributed by atoms with Crippen molar-refractivity contribution in [2.75, 3.05) is 0 Å². The maximum atomic E-state index is 8.56. The van der Waals surface area contributed by atoms with Crippen LogP contribution in [0.15, 0.2) is 0 Å². The molecule has 11 heteroatoms. The molecular formula is H2ClCuNaO6S2. The quantitative estimate of drug-likeness (QED) is 0.337. The average molecular weight is 284 g/mol. The van der Waals surface area contributed by atoms with Crippen LogP contribution in [0.1, 0.15) is 0 Å². The van der Waals surface area contributed by atoms with E-state index in [2.05, 4.69) is 0 Å². The van der Waals surface area contributed by atoms with E-state index < -0.39 is 22.7 Å². The monoisotopic (exact) mass is 283 g/mol. The number of hydrogen-bond donors (Lipinski definition) is 2. The Hall–Kier alpha value is 1.95. The minimum absolute atomic E-state index is 0. The van der Waals surface area contributed by atoms with Crippen molar-refractivity contribution in [3.8, 4) is 0 Å². The molecule has 6 nitrogen and oxygen atoms in total. The van der Waals surface area contributed by atoms with E-state index in [4.69, 9.17) is 26.6 Å². The molecule has 0 aliphatic heterocycles. The topological polar surface area (TPSA) is 121 Å². The van der Waals surface area contributed by atoms with Gasteiger partial charge in [0.05, 0.1) is 22.7 Å². The number of halogens is 1. The summed E-state index contributed by atoms with van der Waals surface area (Å²) < 4.78 is 48.2. The third-order valence-electron chi connectivity index (χ3n) is 0. The average Bonchev–Trinajstić information content (AvgIpc) is 1.25. The van der Waals surface area contributed by atoms with E-state index in [0.29, 0.717) is 0 Å². The van der Waals surface area contributed by atoms with Crippen LogP contribution in [0.5, 0.6) is 0 Å². The second-order valence-electron chi connectivity index (χ2n) is 0.434. The third kappa shape index (κ3) is 311. The summed E-state index contributed by atoms with van der Waals surface area (Å²) in [7, 11) is 0. The molecule has 0 aliphatic rings. The molecule has 69 valence electrons. The zero-order chi connectivity index (χ0) is 7.15. The van der Waals surface area contributed by atoms with Gasteiger partial charge in [-0.05, 0) is 0 Å². The first-order valence-electron chi connectivity index (χ1n) is 1.03. The molecular weight excluding hydrogens is 282 g/mol. The molecule has 0 spiro atoms. The van der Waals surface area contributed by atoms with Gasteiger partial charge >= 0.3 is 46.6 Å². The SMILES string of the molecule is O=S([O-])O.O=S([O-])O.[Cl-].[Cu+2].[Na+]. The molecule has 0 aliphatic carbocycles. The summed E-state index contributed by atoms with van der Waals surface area (Å²) in [5.41, 5.74) is 0. The Morgan fingerprint density at radius 3 is 1.00 bits per heavy atom. The van der Waals surface area contributed by atoms with Crippen LogP contribution >= 0.6 is 0 Å². The Kier molecular flexibility index (Phi) is 60.3. The minimum Gasteiger partial charge on any atom is -1.00 e. The summed E-state index contributed by atoms with van der Waals surface area (Å²) in [4.78, 5) is 0. The van der Waals surface area contributed by atoms with Gasteiger partial charge in [-0.15, -0.1) is 0 Å². The normalized spacial score (nSPS) is 11.3. The second-order valence-corrected chi connectivity index (χ2v) is 1.30.